The van der Waals surface area contributed by atoms with Gasteiger partial charge in [0.25, 0.3) is 0 Å². The van der Waals surface area contributed by atoms with Gasteiger partial charge in [-0.25, -0.2) is 0 Å². The number of benzene rings is 12. The fourth-order valence-electron chi connectivity index (χ4n) is 12.5. The number of anilines is 8. The number of nitrogens with zero attached hydrogens (tertiary/aromatic N) is 3. The molecule has 6 nitrogen and oxygen atoms in total. The molecule has 398 valence electrons. The van der Waals surface area contributed by atoms with Gasteiger partial charge in [-0.15, -0.1) is 0 Å². The minimum Gasteiger partial charge on any atom is -0.455 e. The van der Waals surface area contributed by atoms with Crippen molar-refractivity contribution < 1.29 is 13.3 Å². The molecule has 0 saturated carbocycles. The Balaban J connectivity index is 0.881. The molecule has 1 aliphatic carbocycles. The molecule has 0 aliphatic heterocycles. The summed E-state index contributed by atoms with van der Waals surface area (Å²) in [6.07, 6.45) is 8.87. The predicted octanol–water partition coefficient (Wildman–Crippen LogP) is 22.7. The van der Waals surface area contributed by atoms with Gasteiger partial charge < -0.3 is 28.0 Å². The van der Waals surface area contributed by atoms with Crippen LogP contribution in [-0.2, 0) is 0 Å². The number of hydrogen-bond acceptors (Lipinski definition) is 6. The van der Waals surface area contributed by atoms with E-state index in [1.807, 2.05) is 0 Å². The average molecular weight is 1080 g/mol. The topological polar surface area (TPSA) is 49.1 Å². The lowest BCUT2D eigenvalue weighted by Crippen LogP contribution is -2.15. The summed E-state index contributed by atoms with van der Waals surface area (Å²) in [6, 6.07) is 98.8. The van der Waals surface area contributed by atoms with E-state index in [-0.39, 0.29) is 0 Å². The second-order valence-electron chi connectivity index (χ2n) is 21.5. The normalized spacial score (nSPS) is 12.5. The molecule has 15 aromatic rings. The van der Waals surface area contributed by atoms with E-state index in [0.717, 1.165) is 163 Å². The van der Waals surface area contributed by atoms with Crippen molar-refractivity contribution in [3.05, 3.63) is 303 Å². The Hall–Kier alpha value is -11.1. The summed E-state index contributed by atoms with van der Waals surface area (Å²) < 4.78 is 21.1. The van der Waals surface area contributed by atoms with Crippen molar-refractivity contribution in [2.75, 3.05) is 14.7 Å². The molecule has 0 unspecified atom stereocenters. The van der Waals surface area contributed by atoms with Crippen LogP contribution in [0.1, 0.15) is 12.8 Å². The molecule has 0 fully saturated rings. The third-order valence-corrected chi connectivity index (χ3v) is 16.4. The fourth-order valence-corrected chi connectivity index (χ4v) is 12.5. The Bertz CT molecular complexity index is 4720. The monoisotopic (exact) mass is 1080 g/mol. The van der Waals surface area contributed by atoms with Crippen molar-refractivity contribution in [1.82, 2.24) is 0 Å². The molecule has 12 aromatic carbocycles. The van der Waals surface area contributed by atoms with Gasteiger partial charge in [-0.05, 0) is 169 Å². The zero-order valence-electron chi connectivity index (χ0n) is 45.8. The minimum atomic E-state index is 0.815. The average Bonchev–Trinajstić information content (AvgIpc) is 4.46. The first-order valence-corrected chi connectivity index (χ1v) is 28.7. The van der Waals surface area contributed by atoms with E-state index in [4.69, 9.17) is 13.3 Å². The number of para-hydroxylation sites is 8. The van der Waals surface area contributed by atoms with Gasteiger partial charge in [0.15, 0.2) is 0 Å². The van der Waals surface area contributed by atoms with Crippen molar-refractivity contribution in [1.29, 1.82) is 0 Å². The molecule has 0 spiro atoms. The molecule has 0 atom stereocenters. The Kier molecular flexibility index (Phi) is 11.9. The van der Waals surface area contributed by atoms with Crippen LogP contribution in [0.3, 0.4) is 0 Å². The van der Waals surface area contributed by atoms with Gasteiger partial charge in [-0.1, -0.05) is 158 Å². The molecule has 84 heavy (non-hydrogen) atoms. The largest absolute Gasteiger partial charge is 0.455 e. The quantitative estimate of drug-likeness (QED) is 0.122. The summed E-state index contributed by atoms with van der Waals surface area (Å²) >= 11 is 0. The van der Waals surface area contributed by atoms with Gasteiger partial charge in [0.05, 0.1) is 0 Å². The smallest absolute Gasteiger partial charge is 0.143 e. The molecule has 16 rings (SSSR count). The molecule has 0 radical (unpaired) electrons. The molecule has 1 aliphatic rings. The Morgan fingerprint density at radius 2 is 0.571 bits per heavy atom. The van der Waals surface area contributed by atoms with Crippen molar-refractivity contribution in [2.24, 2.45) is 0 Å². The van der Waals surface area contributed by atoms with Gasteiger partial charge in [0.1, 0.15) is 33.5 Å². The summed E-state index contributed by atoms with van der Waals surface area (Å²) in [5, 5.41) is 6.24. The highest BCUT2D eigenvalue weighted by Gasteiger charge is 2.23. The molecule has 3 heterocycles. The highest BCUT2D eigenvalue weighted by atomic mass is 16.3. The Morgan fingerprint density at radius 3 is 0.893 bits per heavy atom. The van der Waals surface area contributed by atoms with Crippen molar-refractivity contribution >= 4 is 111 Å². The Labute approximate surface area is 485 Å². The van der Waals surface area contributed by atoms with E-state index in [0.29, 0.717) is 0 Å². The number of hydrogen-bond donors (Lipinski definition) is 0. The zero-order valence-corrected chi connectivity index (χ0v) is 45.8. The van der Waals surface area contributed by atoms with E-state index < -0.39 is 0 Å². The molecule has 0 N–H and O–H groups in total. The predicted molar refractivity (Wildman–Crippen MR) is 349 cm³/mol. The second kappa shape index (κ2) is 20.5. The third kappa shape index (κ3) is 8.50. The molecular weight excluding hydrogens is 1030 g/mol. The van der Waals surface area contributed by atoms with E-state index in [1.165, 1.54) is 0 Å². The third-order valence-electron chi connectivity index (χ3n) is 16.4. The van der Waals surface area contributed by atoms with Crippen molar-refractivity contribution in [3.63, 3.8) is 0 Å². The van der Waals surface area contributed by atoms with Gasteiger partial charge in [-0.2, -0.15) is 0 Å². The molecular formula is C78H53N3O3. The van der Waals surface area contributed by atoms with Crippen LogP contribution in [0.15, 0.2) is 316 Å². The zero-order chi connectivity index (χ0) is 55.5. The lowest BCUT2D eigenvalue weighted by atomic mass is 9.91. The van der Waals surface area contributed by atoms with Crippen LogP contribution in [-0.4, -0.2) is 0 Å². The maximum absolute atomic E-state index is 7.03. The first-order chi connectivity index (χ1) is 41.6. The molecule has 6 heteroatoms. The lowest BCUT2D eigenvalue weighted by Gasteiger charge is -2.27. The van der Waals surface area contributed by atoms with E-state index in [1.54, 1.807) is 0 Å². The fraction of sp³-hybridized carbons (Fsp3) is 0.0256. The van der Waals surface area contributed by atoms with E-state index in [2.05, 4.69) is 312 Å². The molecule has 3 aromatic heterocycles. The van der Waals surface area contributed by atoms with Crippen molar-refractivity contribution in [2.45, 2.75) is 12.8 Å². The first kappa shape index (κ1) is 48.8. The van der Waals surface area contributed by atoms with Crippen LogP contribution >= 0.6 is 0 Å². The minimum absolute atomic E-state index is 0.815. The summed E-state index contributed by atoms with van der Waals surface area (Å²) in [4.78, 5) is 6.94. The number of allylic oxidation sites excluding steroid dienone is 3. The maximum atomic E-state index is 7.03. The van der Waals surface area contributed by atoms with Crippen LogP contribution in [0.25, 0.3) is 99.2 Å². The lowest BCUT2D eigenvalue weighted by molar-refractivity contribution is 0.670. The van der Waals surface area contributed by atoms with Gasteiger partial charge in [0.2, 0.25) is 0 Å². The highest BCUT2D eigenvalue weighted by Crippen LogP contribution is 2.47. The first-order valence-electron chi connectivity index (χ1n) is 28.7. The second-order valence-corrected chi connectivity index (χ2v) is 21.5. The summed E-state index contributed by atoms with van der Waals surface area (Å²) in [5.74, 6) is 0. The van der Waals surface area contributed by atoms with Crippen molar-refractivity contribution in [3.8, 4) is 33.4 Å². The number of fused-ring (bicyclic) bond motifs is 9. The Morgan fingerprint density at radius 1 is 0.250 bits per heavy atom. The van der Waals surface area contributed by atoms with Gasteiger partial charge >= 0.3 is 0 Å². The maximum Gasteiger partial charge on any atom is 0.143 e. The van der Waals surface area contributed by atoms with E-state index >= 15 is 0 Å². The summed E-state index contributed by atoms with van der Waals surface area (Å²) in [6.45, 7) is 0. The van der Waals surface area contributed by atoms with E-state index in [9.17, 15) is 0 Å². The number of furan rings is 3. The van der Waals surface area contributed by atoms with Crippen LogP contribution in [0, 0.1) is 0 Å². The van der Waals surface area contributed by atoms with Crippen LogP contribution in [0.5, 0.6) is 0 Å². The highest BCUT2D eigenvalue weighted by molar-refractivity contribution is 6.15. The standard InChI is InChI=1S/C78H53N3O3/c1-7-22-55(23-8-1)79(56-24-9-2-10-25-56)61-40-43-73-70(49-61)67-37-19-34-64(76(67)82-73)52-46-53(65-35-20-38-68-71-50-62(41-44-74(71)83-77(65)68)80(57-26-11-3-12-27-57)58-28-13-4-14-29-58)48-54(47-52)66-36-21-39-69-72-51-63(42-45-75(72)84-78(66)69)81(59-30-15-5-16-31-59)60-32-17-6-18-33-60/h1-5,7-17,19-51H,6,18H2. The van der Waals surface area contributed by atoms with Crippen LogP contribution in [0.2, 0.25) is 0 Å². The van der Waals surface area contributed by atoms with Gasteiger partial charge in [-0.3, -0.25) is 0 Å². The van der Waals surface area contributed by atoms with Crippen LogP contribution in [0.4, 0.5) is 45.5 Å². The summed E-state index contributed by atoms with van der Waals surface area (Å²) in [7, 11) is 0. The van der Waals surface area contributed by atoms with Crippen LogP contribution < -0.4 is 14.7 Å². The SMILES string of the molecule is C1=CC(N(c2ccccc2)c2ccc3oc4c(-c5cc(-c6cccc7c6oc6ccc(N(c8ccccc8)c8ccccc8)cc67)cc(-c6cccc7c6oc6ccc(N(c8ccccc8)c8ccccc8)cc67)c5)cccc4c3c2)=CCC1. The number of rotatable bonds is 12. The van der Waals surface area contributed by atoms with Gasteiger partial charge in [0, 0.05) is 100 Å². The molecule has 0 bridgehead atoms. The summed E-state index contributed by atoms with van der Waals surface area (Å²) in [5.41, 5.74) is 20.6. The molecule has 0 amide bonds. The molecule has 0 saturated heterocycles.